The van der Waals surface area contributed by atoms with Crippen LogP contribution in [0.5, 0.6) is 0 Å². The molecule has 2 unspecified atom stereocenters. The van der Waals surface area contributed by atoms with Gasteiger partial charge in [0, 0.05) is 30.3 Å². The first-order valence-electron chi connectivity index (χ1n) is 10.9. The molecular weight excluding hydrogens is 386 g/mol. The van der Waals surface area contributed by atoms with Gasteiger partial charge in [-0.05, 0) is 94.6 Å². The lowest BCUT2D eigenvalue weighted by atomic mass is 9.84. The van der Waals surface area contributed by atoms with Gasteiger partial charge < -0.3 is 15.5 Å². The Morgan fingerprint density at radius 1 is 1.21 bits per heavy atom. The Kier molecular flexibility index (Phi) is 8.97. The van der Waals surface area contributed by atoms with Gasteiger partial charge in [0.1, 0.15) is 0 Å². The van der Waals surface area contributed by atoms with Crippen LogP contribution in [-0.2, 0) is 4.79 Å². The third-order valence-corrected chi connectivity index (χ3v) is 6.51. The molecule has 0 radical (unpaired) electrons. The lowest BCUT2D eigenvalue weighted by Gasteiger charge is -2.33. The third-order valence-electron chi connectivity index (χ3n) is 6.51. The Labute approximate surface area is 181 Å². The van der Waals surface area contributed by atoms with Crippen molar-refractivity contribution < 1.29 is 9.59 Å². The number of anilines is 1. The van der Waals surface area contributed by atoms with Gasteiger partial charge in [0.2, 0.25) is 5.91 Å². The molecule has 0 aliphatic carbocycles. The van der Waals surface area contributed by atoms with Gasteiger partial charge in [-0.25, -0.2) is 0 Å². The topological polar surface area (TPSA) is 61.4 Å². The van der Waals surface area contributed by atoms with Crippen LogP contribution >= 0.6 is 12.4 Å². The van der Waals surface area contributed by atoms with Crippen LogP contribution in [0.1, 0.15) is 68.3 Å². The maximum absolute atomic E-state index is 12.8. The smallest absolute Gasteiger partial charge is 0.254 e. The summed E-state index contributed by atoms with van der Waals surface area (Å²) in [5, 5.41) is 6.43. The van der Waals surface area contributed by atoms with E-state index in [1.165, 1.54) is 6.42 Å². The molecule has 0 saturated carbocycles. The van der Waals surface area contributed by atoms with E-state index in [9.17, 15) is 9.59 Å². The Morgan fingerprint density at radius 2 is 1.93 bits per heavy atom. The molecule has 1 aromatic rings. The fourth-order valence-corrected chi connectivity index (χ4v) is 4.58. The van der Waals surface area contributed by atoms with Crippen molar-refractivity contribution in [1.29, 1.82) is 0 Å². The highest BCUT2D eigenvalue weighted by Gasteiger charge is 2.25. The van der Waals surface area contributed by atoms with Crippen LogP contribution in [0.25, 0.3) is 0 Å². The molecule has 3 rings (SSSR count). The molecule has 5 nitrogen and oxygen atoms in total. The average Bonchev–Trinajstić information content (AvgIpc) is 2.70. The minimum absolute atomic E-state index is 0. The minimum atomic E-state index is 0. The van der Waals surface area contributed by atoms with Crippen molar-refractivity contribution in [1.82, 2.24) is 10.2 Å². The number of carbonyl (C=O) groups is 2. The number of piperidine rings is 2. The Bertz CT molecular complexity index is 703. The molecule has 2 saturated heterocycles. The lowest BCUT2D eigenvalue weighted by molar-refractivity contribution is -0.117. The molecule has 0 spiro atoms. The van der Waals surface area contributed by atoms with E-state index >= 15 is 0 Å². The summed E-state index contributed by atoms with van der Waals surface area (Å²) in [6.45, 7) is 9.22. The number of halogens is 1. The summed E-state index contributed by atoms with van der Waals surface area (Å²) in [6, 6.07) is 5.94. The van der Waals surface area contributed by atoms with Gasteiger partial charge in [-0.3, -0.25) is 9.59 Å². The lowest BCUT2D eigenvalue weighted by Crippen LogP contribution is -2.42. The monoisotopic (exact) mass is 421 g/mol. The predicted molar refractivity (Wildman–Crippen MR) is 121 cm³/mol. The number of rotatable bonds is 5. The molecule has 2 atom stereocenters. The van der Waals surface area contributed by atoms with Gasteiger partial charge in [-0.15, -0.1) is 12.4 Å². The summed E-state index contributed by atoms with van der Waals surface area (Å²) in [5.41, 5.74) is 2.47. The number of benzene rings is 1. The van der Waals surface area contributed by atoms with Crippen LogP contribution in [0.15, 0.2) is 18.2 Å². The fourth-order valence-electron chi connectivity index (χ4n) is 4.58. The summed E-state index contributed by atoms with van der Waals surface area (Å²) in [6.07, 6.45) is 6.21. The number of nitrogens with zero attached hydrogens (tertiary/aromatic N) is 1. The summed E-state index contributed by atoms with van der Waals surface area (Å²) in [7, 11) is 0. The maximum atomic E-state index is 12.8. The Hall–Kier alpha value is -1.59. The molecule has 6 heteroatoms. The van der Waals surface area contributed by atoms with E-state index in [1.54, 1.807) is 0 Å². The third kappa shape index (κ3) is 6.19. The van der Waals surface area contributed by atoms with E-state index in [0.717, 1.165) is 56.6 Å². The van der Waals surface area contributed by atoms with Crippen molar-refractivity contribution in [3.63, 3.8) is 0 Å². The van der Waals surface area contributed by atoms with Crippen molar-refractivity contribution in [2.24, 2.45) is 11.8 Å². The highest BCUT2D eigenvalue weighted by molar-refractivity contribution is 5.96. The number of hydrogen-bond acceptors (Lipinski definition) is 3. The molecule has 2 aliphatic rings. The highest BCUT2D eigenvalue weighted by Crippen LogP contribution is 2.26. The number of aryl methyl sites for hydroxylation is 1. The largest absolute Gasteiger partial charge is 0.336 e. The van der Waals surface area contributed by atoms with Crippen LogP contribution in [0, 0.1) is 18.8 Å². The van der Waals surface area contributed by atoms with Crippen molar-refractivity contribution in [2.45, 2.75) is 65.3 Å². The summed E-state index contributed by atoms with van der Waals surface area (Å²) in [5.74, 6) is 1.19. The number of amides is 2. The first-order chi connectivity index (χ1) is 13.5. The normalized spacial score (nSPS) is 21.2. The summed E-state index contributed by atoms with van der Waals surface area (Å²) >= 11 is 0. The van der Waals surface area contributed by atoms with Crippen LogP contribution < -0.4 is 10.6 Å². The molecule has 2 aliphatic heterocycles. The Morgan fingerprint density at radius 3 is 2.59 bits per heavy atom. The fraction of sp³-hybridized carbons (Fsp3) is 0.652. The van der Waals surface area contributed by atoms with Crippen LogP contribution in [0.2, 0.25) is 0 Å². The molecule has 29 heavy (non-hydrogen) atoms. The van der Waals surface area contributed by atoms with Crippen LogP contribution in [-0.4, -0.2) is 42.4 Å². The van der Waals surface area contributed by atoms with Gasteiger partial charge >= 0.3 is 0 Å². The van der Waals surface area contributed by atoms with Crippen LogP contribution in [0.3, 0.4) is 0 Å². The van der Waals surface area contributed by atoms with Crippen LogP contribution in [0.4, 0.5) is 5.69 Å². The summed E-state index contributed by atoms with van der Waals surface area (Å²) < 4.78 is 0. The van der Waals surface area contributed by atoms with Crippen molar-refractivity contribution >= 4 is 29.9 Å². The molecule has 162 valence electrons. The van der Waals surface area contributed by atoms with E-state index < -0.39 is 0 Å². The maximum Gasteiger partial charge on any atom is 0.254 e. The zero-order valence-corrected chi connectivity index (χ0v) is 18.8. The standard InChI is InChI=1S/C23H35N3O2.ClH/c1-16(19-9-11-24-12-10-19)15-22(27)25-21-8-7-20(14-17(21)2)23(28)26-13-5-4-6-18(26)3;/h7-8,14,16,18-19,24H,4-6,9-13,15H2,1-3H3,(H,25,27);1H. The number of nitrogens with one attached hydrogen (secondary N) is 2. The van der Waals surface area contributed by atoms with Gasteiger partial charge in [0.05, 0.1) is 0 Å². The van der Waals surface area contributed by atoms with E-state index in [4.69, 9.17) is 0 Å². The van der Waals surface area contributed by atoms with Crippen molar-refractivity contribution in [3.8, 4) is 0 Å². The van der Waals surface area contributed by atoms with E-state index in [-0.39, 0.29) is 24.2 Å². The van der Waals surface area contributed by atoms with Gasteiger partial charge in [-0.1, -0.05) is 6.92 Å². The first-order valence-corrected chi connectivity index (χ1v) is 10.9. The molecule has 0 bridgehead atoms. The van der Waals surface area contributed by atoms with E-state index in [2.05, 4.69) is 24.5 Å². The Balaban J connectivity index is 0.00000300. The molecular formula is C23H36ClN3O2. The highest BCUT2D eigenvalue weighted by atomic mass is 35.5. The van der Waals surface area contributed by atoms with Gasteiger partial charge in [0.25, 0.3) is 5.91 Å². The SMILES string of the molecule is Cc1cc(C(=O)N2CCCCC2C)ccc1NC(=O)CC(C)C1CCNCC1.Cl. The second kappa shape index (κ2) is 11.0. The predicted octanol–water partition coefficient (Wildman–Crippen LogP) is 4.40. The molecule has 2 heterocycles. The second-order valence-corrected chi connectivity index (χ2v) is 8.69. The van der Waals surface area contributed by atoms with E-state index in [0.29, 0.717) is 29.9 Å². The quantitative estimate of drug-likeness (QED) is 0.740. The van der Waals surface area contributed by atoms with Crippen molar-refractivity contribution in [2.75, 3.05) is 25.0 Å². The zero-order chi connectivity index (χ0) is 20.1. The average molecular weight is 422 g/mol. The van der Waals surface area contributed by atoms with Crippen molar-refractivity contribution in [3.05, 3.63) is 29.3 Å². The summed E-state index contributed by atoms with van der Waals surface area (Å²) in [4.78, 5) is 27.4. The molecule has 2 N–H and O–H groups in total. The van der Waals surface area contributed by atoms with E-state index in [1.807, 2.05) is 30.0 Å². The molecule has 2 fully saturated rings. The van der Waals surface area contributed by atoms with Gasteiger partial charge in [-0.2, -0.15) is 0 Å². The second-order valence-electron chi connectivity index (χ2n) is 8.69. The number of hydrogen-bond donors (Lipinski definition) is 2. The first kappa shape index (κ1) is 23.7. The molecule has 1 aromatic carbocycles. The number of likely N-dealkylation sites (tertiary alicyclic amines) is 1. The molecule has 0 aromatic heterocycles. The van der Waals surface area contributed by atoms with Gasteiger partial charge in [0.15, 0.2) is 0 Å². The number of carbonyl (C=O) groups excluding carboxylic acids is 2. The molecule has 2 amide bonds. The minimum Gasteiger partial charge on any atom is -0.336 e. The zero-order valence-electron chi connectivity index (χ0n) is 18.0.